The van der Waals surface area contributed by atoms with Crippen LogP contribution in [-0.4, -0.2) is 29.2 Å². The van der Waals surface area contributed by atoms with E-state index < -0.39 is 12.1 Å². The van der Waals surface area contributed by atoms with Crippen molar-refractivity contribution in [2.24, 2.45) is 0 Å². The zero-order valence-electron chi connectivity index (χ0n) is 17.2. The number of nitrogens with one attached hydrogen (secondary N) is 3. The average molecular weight is 502 g/mol. The highest BCUT2D eigenvalue weighted by atomic mass is 35.5. The molecule has 3 aromatic rings. The highest BCUT2D eigenvalue weighted by Gasteiger charge is 2.28. The first-order valence-electron chi connectivity index (χ1n) is 9.61. The molecule has 0 spiro atoms. The molecule has 1 amide bonds. The molecule has 0 aliphatic rings. The van der Waals surface area contributed by atoms with Crippen molar-refractivity contribution in [3.8, 4) is 0 Å². The van der Waals surface area contributed by atoms with E-state index in [9.17, 15) is 18.0 Å². The summed E-state index contributed by atoms with van der Waals surface area (Å²) in [7, 11) is 0. The van der Waals surface area contributed by atoms with Crippen LogP contribution in [-0.2, 0) is 11.2 Å². The smallest absolute Gasteiger partial charge is 0.430 e. The summed E-state index contributed by atoms with van der Waals surface area (Å²) in [4.78, 5) is 21.2. The van der Waals surface area contributed by atoms with Crippen molar-refractivity contribution >= 4 is 35.1 Å². The minimum Gasteiger partial charge on any atom is -0.542 e. The number of H-pyrrole nitrogens is 2. The van der Waals surface area contributed by atoms with Gasteiger partial charge in [0.05, 0.1) is 0 Å². The molecule has 6 nitrogen and oxygen atoms in total. The van der Waals surface area contributed by atoms with Crippen molar-refractivity contribution in [2.45, 2.75) is 31.5 Å². The van der Waals surface area contributed by atoms with Crippen LogP contribution in [0.2, 0.25) is 10.0 Å². The first kappa shape index (κ1) is 26.2. The Bertz CT molecular complexity index is 1040. The molecule has 3 rings (SSSR count). The fraction of sp³-hybridized carbons (Fsp3) is 0.227. The Hall–Kier alpha value is -3.04. The summed E-state index contributed by atoms with van der Waals surface area (Å²) in [5, 5.41) is 18.9. The number of carboxylic acids is 1. The summed E-state index contributed by atoms with van der Waals surface area (Å²) in [6, 6.07) is 17.2. The van der Waals surface area contributed by atoms with Crippen LogP contribution in [0.4, 0.5) is 13.2 Å². The Balaban J connectivity index is 0.000000479. The fourth-order valence-corrected chi connectivity index (χ4v) is 3.22. The molecule has 2 atom stereocenters. The lowest BCUT2D eigenvalue weighted by atomic mass is 9.86. The van der Waals surface area contributed by atoms with Gasteiger partial charge in [0, 0.05) is 28.1 Å². The van der Waals surface area contributed by atoms with Gasteiger partial charge >= 0.3 is 6.18 Å². The van der Waals surface area contributed by atoms with Crippen molar-refractivity contribution in [1.82, 2.24) is 10.4 Å². The standard InChI is InChI=1S/C20H19Cl2N3O.C2HF3O2/c1-13(24-20(26)19-10-11-23-25-19)18(15-4-8-17(22)9-5-15)12-14-2-6-16(21)7-3-14;3-2(4,5)1(6)7/h2-11,13,18H,12H2,1H3,(H,23,25)(H,24,26);(H,6,7)/t13-,18+;/m1./s1. The van der Waals surface area contributed by atoms with E-state index in [1.165, 1.54) is 0 Å². The predicted octanol–water partition coefficient (Wildman–Crippen LogP) is 3.58. The number of carboxylic acid groups (broad SMARTS) is 1. The maximum atomic E-state index is 12.4. The molecule has 11 heteroatoms. The molecule has 0 bridgehead atoms. The number of aliphatic carboxylic acids is 1. The van der Waals surface area contributed by atoms with E-state index in [-0.39, 0.29) is 17.9 Å². The van der Waals surface area contributed by atoms with Crippen molar-refractivity contribution in [1.29, 1.82) is 0 Å². The lowest BCUT2D eigenvalue weighted by molar-refractivity contribution is -0.449. The minimum absolute atomic E-state index is 0.0809. The number of hydrogen-bond donors (Lipinski definition) is 2. The summed E-state index contributed by atoms with van der Waals surface area (Å²) in [6.45, 7) is 2.01. The van der Waals surface area contributed by atoms with Crippen LogP contribution in [0, 0.1) is 0 Å². The third-order valence-corrected chi connectivity index (χ3v) is 5.15. The van der Waals surface area contributed by atoms with Gasteiger partial charge in [-0.25, -0.2) is 0 Å². The summed E-state index contributed by atoms with van der Waals surface area (Å²) >= 11 is 12.0. The van der Waals surface area contributed by atoms with Gasteiger partial charge in [0.1, 0.15) is 5.97 Å². The zero-order valence-corrected chi connectivity index (χ0v) is 18.8. The quantitative estimate of drug-likeness (QED) is 0.539. The second kappa shape index (κ2) is 11.7. The Kier molecular flexibility index (Phi) is 9.31. The number of halogens is 5. The number of carbonyl (C=O) groups is 2. The molecule has 3 N–H and O–H groups in total. The molecule has 0 saturated carbocycles. The van der Waals surface area contributed by atoms with E-state index in [2.05, 4.69) is 15.5 Å². The summed E-state index contributed by atoms with van der Waals surface area (Å²) in [5.41, 5.74) is 2.78. The number of aromatic amines is 2. The lowest BCUT2D eigenvalue weighted by Crippen LogP contribution is -2.38. The van der Waals surface area contributed by atoms with Crippen LogP contribution in [0.25, 0.3) is 0 Å². The Labute approximate surface area is 197 Å². The Morgan fingerprint density at radius 3 is 2.00 bits per heavy atom. The normalized spacial score (nSPS) is 12.8. The highest BCUT2D eigenvalue weighted by molar-refractivity contribution is 6.30. The number of benzene rings is 2. The second-order valence-corrected chi connectivity index (χ2v) is 7.93. The number of aromatic nitrogens is 2. The average Bonchev–Trinajstić information content (AvgIpc) is 3.29. The van der Waals surface area contributed by atoms with E-state index in [0.29, 0.717) is 15.7 Å². The predicted molar refractivity (Wildman–Crippen MR) is 115 cm³/mol. The van der Waals surface area contributed by atoms with E-state index in [0.717, 1.165) is 17.5 Å². The SMILES string of the molecule is C[C@@H](NC(=O)c1cc[nH+][nH]1)[C@H](Cc1ccc(Cl)cc1)c1ccc(Cl)cc1.O=C([O-])C(F)(F)F. The molecule has 0 unspecified atom stereocenters. The van der Waals surface area contributed by atoms with Gasteiger partial charge in [0.25, 0.3) is 5.91 Å². The molecule has 1 heterocycles. The van der Waals surface area contributed by atoms with Gasteiger partial charge < -0.3 is 15.2 Å². The third-order valence-electron chi connectivity index (χ3n) is 4.65. The van der Waals surface area contributed by atoms with Crippen molar-refractivity contribution in [3.05, 3.63) is 87.7 Å². The van der Waals surface area contributed by atoms with Crippen LogP contribution in [0.5, 0.6) is 0 Å². The molecular formula is C22H20Cl2F3N3O3. The zero-order chi connectivity index (χ0) is 24.6. The second-order valence-electron chi connectivity index (χ2n) is 7.05. The molecule has 0 aliphatic carbocycles. The Morgan fingerprint density at radius 2 is 1.55 bits per heavy atom. The number of carbonyl (C=O) groups excluding carboxylic acids is 2. The molecule has 176 valence electrons. The maximum Gasteiger partial charge on any atom is 0.430 e. The fourth-order valence-electron chi connectivity index (χ4n) is 2.97. The molecule has 33 heavy (non-hydrogen) atoms. The van der Waals surface area contributed by atoms with Gasteiger partial charge in [-0.05, 0) is 48.7 Å². The van der Waals surface area contributed by atoms with Crippen LogP contribution in [0.1, 0.15) is 34.5 Å². The molecule has 0 fully saturated rings. The monoisotopic (exact) mass is 501 g/mol. The first-order chi connectivity index (χ1) is 15.5. The van der Waals surface area contributed by atoms with E-state index in [1.807, 2.05) is 55.5 Å². The number of amides is 1. The van der Waals surface area contributed by atoms with Crippen molar-refractivity contribution < 1.29 is 33.0 Å². The van der Waals surface area contributed by atoms with Crippen LogP contribution in [0.15, 0.2) is 60.8 Å². The maximum absolute atomic E-state index is 12.4. The topological polar surface area (TPSA) is 99.2 Å². The molecule has 1 aromatic heterocycles. The number of hydrogen-bond acceptors (Lipinski definition) is 3. The summed E-state index contributed by atoms with van der Waals surface area (Å²) < 4.78 is 31.5. The van der Waals surface area contributed by atoms with Crippen LogP contribution >= 0.6 is 23.2 Å². The van der Waals surface area contributed by atoms with E-state index in [4.69, 9.17) is 33.1 Å². The first-order valence-corrected chi connectivity index (χ1v) is 10.4. The van der Waals surface area contributed by atoms with Gasteiger partial charge in [-0.3, -0.25) is 4.79 Å². The highest BCUT2D eigenvalue weighted by Crippen LogP contribution is 2.27. The van der Waals surface area contributed by atoms with Gasteiger partial charge in [0.15, 0.2) is 11.9 Å². The van der Waals surface area contributed by atoms with Crippen molar-refractivity contribution in [2.75, 3.05) is 0 Å². The summed E-state index contributed by atoms with van der Waals surface area (Å²) in [6.07, 6.45) is -2.74. The van der Waals surface area contributed by atoms with E-state index >= 15 is 0 Å². The Morgan fingerprint density at radius 1 is 1.03 bits per heavy atom. The molecule has 2 aromatic carbocycles. The number of alkyl halides is 3. The van der Waals surface area contributed by atoms with Crippen LogP contribution < -0.4 is 15.5 Å². The molecule has 0 saturated heterocycles. The number of rotatable bonds is 6. The van der Waals surface area contributed by atoms with Gasteiger partial charge in [-0.2, -0.15) is 18.3 Å². The van der Waals surface area contributed by atoms with Crippen molar-refractivity contribution in [3.63, 3.8) is 0 Å². The molecule has 0 aliphatic heterocycles. The van der Waals surface area contributed by atoms with Gasteiger partial charge in [-0.1, -0.05) is 47.5 Å². The third kappa shape index (κ3) is 8.43. The van der Waals surface area contributed by atoms with E-state index in [1.54, 1.807) is 12.3 Å². The molecular weight excluding hydrogens is 482 g/mol. The minimum atomic E-state index is -5.19. The van der Waals surface area contributed by atoms with Gasteiger partial charge in [0.2, 0.25) is 0 Å². The summed E-state index contributed by atoms with van der Waals surface area (Å²) in [5.74, 6) is -3.06. The van der Waals surface area contributed by atoms with Gasteiger partial charge in [-0.15, -0.1) is 5.10 Å². The molecule has 0 radical (unpaired) electrons. The van der Waals surface area contributed by atoms with Crippen LogP contribution in [0.3, 0.4) is 0 Å². The largest absolute Gasteiger partial charge is 0.542 e. The lowest BCUT2D eigenvalue weighted by Gasteiger charge is -2.25.